The second-order valence-corrected chi connectivity index (χ2v) is 13.3. The second-order valence-electron chi connectivity index (χ2n) is 13.3. The largest absolute Gasteiger partial charge is 0.496 e. The van der Waals surface area contributed by atoms with Crippen LogP contribution in [0.2, 0.25) is 0 Å². The van der Waals surface area contributed by atoms with Gasteiger partial charge in [-0.05, 0) is 84.8 Å². The molecule has 4 aromatic rings. The van der Waals surface area contributed by atoms with Crippen LogP contribution in [0.4, 0.5) is 18.9 Å². The van der Waals surface area contributed by atoms with E-state index in [2.05, 4.69) is 20.5 Å². The predicted octanol–water partition coefficient (Wildman–Crippen LogP) is 7.35. The quantitative estimate of drug-likeness (QED) is 0.0729. The van der Waals surface area contributed by atoms with Crippen LogP contribution < -0.4 is 20.1 Å². The molecule has 4 N–H and O–H groups in total. The van der Waals surface area contributed by atoms with Gasteiger partial charge in [-0.2, -0.15) is 13.2 Å². The van der Waals surface area contributed by atoms with E-state index in [1.54, 1.807) is 24.4 Å². The number of carboxylic acid groups (broad SMARTS) is 1. The fraction of sp³-hybridized carbons (Fsp3) is 0.341. The van der Waals surface area contributed by atoms with Gasteiger partial charge in [-0.25, -0.2) is 0 Å². The highest BCUT2D eigenvalue weighted by Gasteiger charge is 2.34. The highest BCUT2D eigenvalue weighted by molar-refractivity contribution is 6.04. The van der Waals surface area contributed by atoms with Gasteiger partial charge in [0.25, 0.3) is 5.91 Å². The molecule has 1 atom stereocenters. The van der Waals surface area contributed by atoms with Crippen molar-refractivity contribution in [2.75, 3.05) is 39.2 Å². The number of carboxylic acids is 1. The molecule has 286 valence electrons. The van der Waals surface area contributed by atoms with Crippen molar-refractivity contribution in [1.82, 2.24) is 15.2 Å². The summed E-state index contributed by atoms with van der Waals surface area (Å²) in [5.74, 6) is -0.546. The predicted molar refractivity (Wildman–Crippen MR) is 201 cm³/mol. The number of ether oxygens (including phenoxy) is 2. The van der Waals surface area contributed by atoms with Gasteiger partial charge in [-0.3, -0.25) is 19.5 Å². The highest BCUT2D eigenvalue weighted by Crippen LogP contribution is 2.38. The average molecular weight is 747 g/mol. The molecule has 5 rings (SSSR count). The first kappa shape index (κ1) is 40.0. The number of β-amino-alcohol motifs (C(OH)–C–C–N with tert-alkyl or cyclic N) is 1. The van der Waals surface area contributed by atoms with Crippen LogP contribution in [-0.2, 0) is 24.1 Å². The zero-order valence-electron chi connectivity index (χ0n) is 30.7. The highest BCUT2D eigenvalue weighted by atomic mass is 19.4. The van der Waals surface area contributed by atoms with Crippen molar-refractivity contribution < 1.29 is 42.4 Å². The summed E-state index contributed by atoms with van der Waals surface area (Å²) in [4.78, 5) is 30.7. The number of likely N-dealkylation sites (tertiary alicyclic amines) is 1. The summed E-state index contributed by atoms with van der Waals surface area (Å²) in [5, 5.41) is 24.7. The third-order valence-electron chi connectivity index (χ3n) is 9.55. The number of hydrogen-bond donors (Lipinski definition) is 4. The van der Waals surface area contributed by atoms with Crippen molar-refractivity contribution in [2.24, 2.45) is 0 Å². The topological polar surface area (TPSA) is 133 Å². The molecule has 1 saturated heterocycles. The molecule has 0 radical (unpaired) electrons. The lowest BCUT2D eigenvalue weighted by atomic mass is 9.92. The van der Waals surface area contributed by atoms with Crippen LogP contribution in [0, 0.1) is 13.8 Å². The molecular weight excluding hydrogens is 701 g/mol. The molecule has 0 spiro atoms. The summed E-state index contributed by atoms with van der Waals surface area (Å²) in [7, 11) is 2.93. The number of aliphatic carboxylic acids is 1. The Hall–Kier alpha value is -5.24. The van der Waals surface area contributed by atoms with Gasteiger partial charge in [0.2, 0.25) is 0 Å². The Bertz CT molecular complexity index is 2020. The zero-order valence-corrected chi connectivity index (χ0v) is 30.7. The Labute approximate surface area is 312 Å². The number of amides is 1. The summed E-state index contributed by atoms with van der Waals surface area (Å²) < 4.78 is 53.9. The number of aliphatic hydroxyl groups excluding tert-OH is 1. The lowest BCUT2D eigenvalue weighted by Gasteiger charge is -2.18. The molecule has 1 amide bonds. The fourth-order valence-electron chi connectivity index (χ4n) is 6.59. The number of hydrogen-bond acceptors (Lipinski definition) is 8. The van der Waals surface area contributed by atoms with Crippen molar-refractivity contribution in [3.05, 3.63) is 105 Å². The van der Waals surface area contributed by atoms with Crippen LogP contribution in [0.1, 0.15) is 68.7 Å². The molecule has 0 unspecified atom stereocenters. The molecule has 2 heterocycles. The third kappa shape index (κ3) is 9.84. The number of nitrogens with one attached hydrogen (secondary N) is 2. The van der Waals surface area contributed by atoms with Gasteiger partial charge in [-0.15, -0.1) is 0 Å². The Kier molecular flexibility index (Phi) is 13.1. The number of methoxy groups -OCH3 is 2. The molecule has 1 aromatic heterocycles. The van der Waals surface area contributed by atoms with Crippen molar-refractivity contribution in [1.29, 1.82) is 0 Å². The van der Waals surface area contributed by atoms with E-state index in [1.165, 1.54) is 26.4 Å². The van der Waals surface area contributed by atoms with Crippen LogP contribution in [0.25, 0.3) is 23.3 Å². The summed E-state index contributed by atoms with van der Waals surface area (Å²) in [6.07, 6.45) is 0.711. The molecular formula is C41H45F3N4O6. The first-order valence-electron chi connectivity index (χ1n) is 17.6. The monoisotopic (exact) mass is 746 g/mol. The smallest absolute Gasteiger partial charge is 0.417 e. The lowest BCUT2D eigenvalue weighted by molar-refractivity contribution is -0.138. The number of halogens is 3. The van der Waals surface area contributed by atoms with E-state index in [0.717, 1.165) is 40.4 Å². The van der Waals surface area contributed by atoms with E-state index in [0.29, 0.717) is 55.0 Å². The first-order chi connectivity index (χ1) is 25.8. The normalized spacial score (nSPS) is 14.8. The van der Waals surface area contributed by atoms with E-state index in [1.807, 2.05) is 44.2 Å². The first-order valence-corrected chi connectivity index (χ1v) is 17.6. The zero-order chi connectivity index (χ0) is 39.0. The molecule has 1 aliphatic heterocycles. The summed E-state index contributed by atoms with van der Waals surface area (Å²) >= 11 is 0. The molecule has 1 fully saturated rings. The number of nitrogens with zero attached hydrogens (tertiary/aromatic N) is 2. The van der Waals surface area contributed by atoms with Crippen LogP contribution >= 0.6 is 0 Å². The maximum atomic E-state index is 14.3. The third-order valence-corrected chi connectivity index (χ3v) is 9.55. The molecule has 54 heavy (non-hydrogen) atoms. The number of anilines is 1. The Morgan fingerprint density at radius 3 is 2.31 bits per heavy atom. The summed E-state index contributed by atoms with van der Waals surface area (Å²) in [5.41, 5.74) is 5.02. The van der Waals surface area contributed by atoms with E-state index in [4.69, 9.17) is 14.6 Å². The Balaban J connectivity index is 1.36. The van der Waals surface area contributed by atoms with Crippen molar-refractivity contribution in [2.45, 2.75) is 58.5 Å². The molecule has 3 aromatic carbocycles. The second kappa shape index (κ2) is 17.7. The van der Waals surface area contributed by atoms with E-state index in [-0.39, 0.29) is 36.1 Å². The molecule has 0 aliphatic carbocycles. The van der Waals surface area contributed by atoms with Crippen LogP contribution in [0.3, 0.4) is 0 Å². The number of pyridine rings is 1. The van der Waals surface area contributed by atoms with Gasteiger partial charge in [0.05, 0.1) is 25.9 Å². The van der Waals surface area contributed by atoms with Gasteiger partial charge in [-0.1, -0.05) is 42.5 Å². The van der Waals surface area contributed by atoms with Crippen LogP contribution in [-0.4, -0.2) is 71.9 Å². The Morgan fingerprint density at radius 2 is 1.65 bits per heavy atom. The number of aromatic nitrogens is 1. The maximum Gasteiger partial charge on any atom is 0.417 e. The number of rotatable bonds is 15. The minimum absolute atomic E-state index is 0.0416. The molecule has 0 bridgehead atoms. The Morgan fingerprint density at radius 1 is 0.963 bits per heavy atom. The number of benzene rings is 3. The minimum atomic E-state index is -4.64. The van der Waals surface area contributed by atoms with Gasteiger partial charge in [0.1, 0.15) is 17.2 Å². The molecule has 0 saturated carbocycles. The fourth-order valence-corrected chi connectivity index (χ4v) is 6.59. The van der Waals surface area contributed by atoms with E-state index >= 15 is 0 Å². The number of aliphatic hydroxyl groups is 1. The van der Waals surface area contributed by atoms with E-state index in [9.17, 15) is 27.9 Å². The molecule has 1 aliphatic rings. The number of carbonyl (C=O) groups excluding carboxylic acids is 1. The SMILES string of the molecule is COc1cc(/C=C/c2cccc(-c3cccc(NC(=O)c4cc(OC)c(CN5CC[C@@H](O)C5)cn4)c3C)c2C)c(C(F)(F)F)cc1CNCCCC(=O)O. The number of alkyl halides is 3. The average Bonchev–Trinajstić information content (AvgIpc) is 3.55. The lowest BCUT2D eigenvalue weighted by Crippen LogP contribution is -2.22. The van der Waals surface area contributed by atoms with Gasteiger partial charge in [0.15, 0.2) is 0 Å². The van der Waals surface area contributed by atoms with E-state index < -0.39 is 23.6 Å². The van der Waals surface area contributed by atoms with Gasteiger partial charge in [0, 0.05) is 61.7 Å². The van der Waals surface area contributed by atoms with Crippen LogP contribution in [0.15, 0.2) is 60.8 Å². The molecule has 13 heteroatoms. The van der Waals surface area contributed by atoms with Crippen molar-refractivity contribution in [3.63, 3.8) is 0 Å². The number of carbonyl (C=O) groups is 2. The van der Waals surface area contributed by atoms with Crippen molar-refractivity contribution >= 4 is 29.7 Å². The standard InChI is InChI=1S/C41H45F3N4O6/c1-25-27(13-14-28-19-37(53-3)29(18-34(28)41(42,43)44)21-45-16-7-12-39(50)51)8-5-9-32(25)33-10-6-11-35(26(33)2)47-40(52)36-20-38(54-4)30(22-46-36)23-48-17-15-31(49)24-48/h5-6,8-11,13-14,18-20,22,31,45,49H,7,12,15-17,21,23-24H2,1-4H3,(H,47,52)(H,50,51)/b14-13+/t31-/m1/s1. The van der Waals surface area contributed by atoms with Crippen LogP contribution in [0.5, 0.6) is 11.5 Å². The summed E-state index contributed by atoms with van der Waals surface area (Å²) in [6.45, 7) is 6.07. The van der Waals surface area contributed by atoms with Crippen molar-refractivity contribution in [3.8, 4) is 22.6 Å². The maximum absolute atomic E-state index is 14.3. The van der Waals surface area contributed by atoms with Gasteiger partial charge < -0.3 is 30.3 Å². The van der Waals surface area contributed by atoms with Gasteiger partial charge >= 0.3 is 12.1 Å². The minimum Gasteiger partial charge on any atom is -0.496 e. The molecule has 10 nitrogen and oxygen atoms in total. The summed E-state index contributed by atoms with van der Waals surface area (Å²) in [6, 6.07) is 15.2.